The van der Waals surface area contributed by atoms with Crippen LogP contribution in [-0.2, 0) is 11.6 Å². The van der Waals surface area contributed by atoms with Gasteiger partial charge in [-0.15, -0.1) is 5.10 Å². The van der Waals surface area contributed by atoms with Crippen molar-refractivity contribution in [2.24, 2.45) is 0 Å². The van der Waals surface area contributed by atoms with Crippen LogP contribution >= 0.6 is 0 Å². The monoisotopic (exact) mass is 492 g/mol. The Morgan fingerprint density at radius 1 is 0.972 bits per heavy atom. The summed E-state index contributed by atoms with van der Waals surface area (Å²) in [5.41, 5.74) is -0.0821. The predicted molar refractivity (Wildman–Crippen MR) is 124 cm³/mol. The maximum atomic E-state index is 13.3. The highest BCUT2D eigenvalue weighted by Crippen LogP contribution is 2.49. The summed E-state index contributed by atoms with van der Waals surface area (Å²) in [4.78, 5) is 22.5. The number of benzene rings is 2. The largest absolute Gasteiger partial charge is 0.437 e. The van der Waals surface area contributed by atoms with Crippen molar-refractivity contribution in [1.29, 1.82) is 0 Å². The number of ether oxygens (including phenoxy) is 1. The minimum Gasteiger partial charge on any atom is -0.437 e. The number of halogens is 3. The number of rotatable bonds is 1. The highest BCUT2D eigenvalue weighted by molar-refractivity contribution is 5.86. The van der Waals surface area contributed by atoms with Gasteiger partial charge in [-0.3, -0.25) is 0 Å². The Labute approximate surface area is 202 Å². The summed E-state index contributed by atoms with van der Waals surface area (Å²) in [7, 11) is 0. The maximum absolute atomic E-state index is 13.3. The van der Waals surface area contributed by atoms with Crippen molar-refractivity contribution in [2.45, 2.75) is 38.3 Å². The van der Waals surface area contributed by atoms with E-state index in [0.717, 1.165) is 12.1 Å². The average Bonchev–Trinajstić information content (AvgIpc) is 3.28. The van der Waals surface area contributed by atoms with Crippen molar-refractivity contribution in [1.82, 2.24) is 19.6 Å². The molecule has 5 aromatic rings. The van der Waals surface area contributed by atoms with Crippen LogP contribution in [0.2, 0.25) is 0 Å². The van der Waals surface area contributed by atoms with Crippen LogP contribution < -0.4 is 10.4 Å². The molecule has 0 saturated carbocycles. The molecule has 4 heterocycles. The zero-order valence-corrected chi connectivity index (χ0v) is 19.4. The maximum Gasteiger partial charge on any atom is 0.416 e. The summed E-state index contributed by atoms with van der Waals surface area (Å²) >= 11 is 0. The molecule has 1 aliphatic rings. The quantitative estimate of drug-likeness (QED) is 0.269. The smallest absolute Gasteiger partial charge is 0.416 e. The number of alkyl halides is 3. The highest BCUT2D eigenvalue weighted by atomic mass is 19.4. The molecule has 0 radical (unpaired) electrons. The summed E-state index contributed by atoms with van der Waals surface area (Å²) in [6, 6.07) is 11.6. The van der Waals surface area contributed by atoms with Crippen LogP contribution in [0.3, 0.4) is 0 Å². The summed E-state index contributed by atoms with van der Waals surface area (Å²) in [5, 5.41) is 5.08. The molecule has 0 N–H and O–H groups in total. The number of hydrogen-bond acceptors (Lipinski definition) is 6. The molecule has 182 valence electrons. The lowest BCUT2D eigenvalue weighted by molar-refractivity contribution is -0.137. The molecule has 2 aromatic carbocycles. The minimum absolute atomic E-state index is 0.163. The van der Waals surface area contributed by atoms with Crippen molar-refractivity contribution in [3.63, 3.8) is 0 Å². The van der Waals surface area contributed by atoms with Crippen molar-refractivity contribution in [3.05, 3.63) is 93.4 Å². The van der Waals surface area contributed by atoms with Crippen molar-refractivity contribution in [3.8, 4) is 11.6 Å². The number of hydrogen-bond donors (Lipinski definition) is 0. The Morgan fingerprint density at radius 2 is 1.69 bits per heavy atom. The van der Waals surface area contributed by atoms with Gasteiger partial charge in [-0.2, -0.15) is 13.2 Å². The number of fused-ring (bicyclic) bond motifs is 6. The van der Waals surface area contributed by atoms with Crippen molar-refractivity contribution >= 4 is 16.6 Å². The second-order valence-corrected chi connectivity index (χ2v) is 9.70. The lowest BCUT2D eigenvalue weighted by Gasteiger charge is -2.27. The van der Waals surface area contributed by atoms with E-state index in [0.29, 0.717) is 33.6 Å². The molecule has 1 atom stereocenters. The third-order valence-electron chi connectivity index (χ3n) is 6.20. The number of aromatic nitrogens is 4. The summed E-state index contributed by atoms with van der Waals surface area (Å²) in [6.07, 6.45) is -3.03. The fraction of sp³-hybridized carbons (Fsp3) is 0.231. The molecule has 0 fully saturated rings. The van der Waals surface area contributed by atoms with Gasteiger partial charge < -0.3 is 9.15 Å². The van der Waals surface area contributed by atoms with E-state index >= 15 is 0 Å². The lowest BCUT2D eigenvalue weighted by atomic mass is 9.84. The van der Waals surface area contributed by atoms with Crippen LogP contribution in [0, 0.1) is 0 Å². The Bertz CT molecular complexity index is 1710. The zero-order valence-electron chi connectivity index (χ0n) is 19.4. The Morgan fingerprint density at radius 3 is 2.39 bits per heavy atom. The topological polar surface area (TPSA) is 82.5 Å². The van der Waals surface area contributed by atoms with E-state index in [4.69, 9.17) is 14.1 Å². The molecule has 0 saturated heterocycles. The van der Waals surface area contributed by atoms with Gasteiger partial charge >= 0.3 is 11.8 Å². The standard InChI is InChI=1S/C26H19F3N4O3/c1-25(2,3)24-31-21-19-17(13-8-10-14(11-9-13)26(27,28)29)18-20(36-22(19)30-12-33(21)32-24)15-6-4-5-7-16(15)35-23(18)34/h4-12,17H,1-3H3. The van der Waals surface area contributed by atoms with Gasteiger partial charge in [0.1, 0.15) is 11.9 Å². The van der Waals surface area contributed by atoms with Crippen molar-refractivity contribution in [2.75, 3.05) is 0 Å². The third-order valence-corrected chi connectivity index (χ3v) is 6.20. The molecular formula is C26H19F3N4O3. The number of para-hydroxylation sites is 1. The second kappa shape index (κ2) is 7.39. The fourth-order valence-corrected chi connectivity index (χ4v) is 4.45. The van der Waals surface area contributed by atoms with E-state index in [2.05, 4.69) is 10.1 Å². The molecule has 3 aromatic heterocycles. The first-order chi connectivity index (χ1) is 17.0. The first kappa shape index (κ1) is 22.3. The van der Waals surface area contributed by atoms with Crippen molar-refractivity contribution < 1.29 is 22.3 Å². The summed E-state index contributed by atoms with van der Waals surface area (Å²) in [6.45, 7) is 5.88. The predicted octanol–water partition coefficient (Wildman–Crippen LogP) is 5.83. The molecule has 0 spiro atoms. The SMILES string of the molecule is CC(C)(C)c1nc2c3c(ncn2n1)Oc1c(c(=O)oc2ccccc12)C3c1ccc(C(F)(F)F)cc1. The van der Waals surface area contributed by atoms with Crippen LogP contribution in [0.4, 0.5) is 13.2 Å². The molecule has 6 rings (SSSR count). The molecule has 1 aliphatic heterocycles. The number of nitrogens with zero attached hydrogens (tertiary/aromatic N) is 4. The Hall–Kier alpha value is -4.21. The highest BCUT2D eigenvalue weighted by Gasteiger charge is 2.38. The molecular weight excluding hydrogens is 473 g/mol. The average molecular weight is 492 g/mol. The van der Waals surface area contributed by atoms with E-state index in [9.17, 15) is 18.0 Å². The molecule has 0 bridgehead atoms. The lowest BCUT2D eigenvalue weighted by Crippen LogP contribution is -2.22. The van der Waals surface area contributed by atoms with E-state index in [-0.39, 0.29) is 22.6 Å². The van der Waals surface area contributed by atoms with E-state index in [1.807, 2.05) is 20.8 Å². The van der Waals surface area contributed by atoms with E-state index < -0.39 is 23.3 Å². The minimum atomic E-state index is -4.50. The molecule has 7 nitrogen and oxygen atoms in total. The fourth-order valence-electron chi connectivity index (χ4n) is 4.45. The van der Waals surface area contributed by atoms with Gasteiger partial charge in [-0.05, 0) is 29.8 Å². The third kappa shape index (κ3) is 3.35. The van der Waals surface area contributed by atoms with E-state index in [1.165, 1.54) is 23.0 Å². The first-order valence-corrected chi connectivity index (χ1v) is 11.2. The summed E-state index contributed by atoms with van der Waals surface area (Å²) in [5.74, 6) is 0.149. The summed E-state index contributed by atoms with van der Waals surface area (Å²) < 4.78 is 53.1. The van der Waals surface area contributed by atoms with Gasteiger partial charge in [-0.25, -0.2) is 19.3 Å². The van der Waals surface area contributed by atoms with Crippen LogP contribution in [-0.4, -0.2) is 19.6 Å². The molecule has 36 heavy (non-hydrogen) atoms. The first-order valence-electron chi connectivity index (χ1n) is 11.2. The van der Waals surface area contributed by atoms with Gasteiger partial charge in [0, 0.05) is 5.41 Å². The zero-order chi connectivity index (χ0) is 25.4. The van der Waals surface area contributed by atoms with Crippen LogP contribution in [0.1, 0.15) is 54.8 Å². The van der Waals surface area contributed by atoms with Crippen LogP contribution in [0.15, 0.2) is 64.1 Å². The van der Waals surface area contributed by atoms with E-state index in [1.54, 1.807) is 24.3 Å². The Kier molecular flexibility index (Phi) is 4.57. The van der Waals surface area contributed by atoms with Gasteiger partial charge in [0.25, 0.3) is 0 Å². The second-order valence-electron chi connectivity index (χ2n) is 9.70. The van der Waals surface area contributed by atoms with Crippen LogP contribution in [0.25, 0.3) is 16.6 Å². The van der Waals surface area contributed by atoms with Gasteiger partial charge in [-0.1, -0.05) is 45.0 Å². The van der Waals surface area contributed by atoms with Gasteiger partial charge in [0.15, 0.2) is 17.2 Å². The Balaban J connectivity index is 1.68. The molecule has 1 unspecified atom stereocenters. The normalized spacial score (nSPS) is 15.6. The molecule has 0 aliphatic carbocycles. The van der Waals surface area contributed by atoms with Gasteiger partial charge in [0.05, 0.1) is 28.0 Å². The van der Waals surface area contributed by atoms with Gasteiger partial charge in [0.2, 0.25) is 5.88 Å². The molecule has 0 amide bonds. The van der Waals surface area contributed by atoms with Crippen LogP contribution in [0.5, 0.6) is 11.6 Å². The molecule has 10 heteroatoms.